The smallest absolute Gasteiger partial charge is 0.142 e. The fourth-order valence-corrected chi connectivity index (χ4v) is 2.55. The number of rotatable bonds is 6. The van der Waals surface area contributed by atoms with Crippen molar-refractivity contribution in [1.82, 2.24) is 15.1 Å². The number of halogens is 2. The van der Waals surface area contributed by atoms with E-state index >= 15 is 0 Å². The maximum Gasteiger partial charge on any atom is 0.142 e. The van der Waals surface area contributed by atoms with Crippen LogP contribution in [0.1, 0.15) is 23.9 Å². The molecule has 0 radical (unpaired) electrons. The van der Waals surface area contributed by atoms with Crippen LogP contribution in [-0.4, -0.2) is 16.3 Å². The van der Waals surface area contributed by atoms with E-state index in [1.54, 1.807) is 4.68 Å². The first kappa shape index (κ1) is 16.1. The maximum absolute atomic E-state index is 6.25. The van der Waals surface area contributed by atoms with Gasteiger partial charge in [-0.05, 0) is 19.5 Å². The quantitative estimate of drug-likeness (QED) is 0.878. The average Bonchev–Trinajstić information content (AvgIpc) is 2.69. The lowest BCUT2D eigenvalue weighted by Gasteiger charge is -2.13. The Balaban J connectivity index is 2.19. The third-order valence-corrected chi connectivity index (χ3v) is 4.02. The van der Waals surface area contributed by atoms with Crippen molar-refractivity contribution >= 4 is 23.2 Å². The van der Waals surface area contributed by atoms with E-state index in [1.807, 2.05) is 32.2 Å². The fraction of sp³-hybridized carbons (Fsp3) is 0.400. The van der Waals surface area contributed by atoms with Crippen LogP contribution in [0.2, 0.25) is 10.0 Å². The highest BCUT2D eigenvalue weighted by atomic mass is 35.5. The van der Waals surface area contributed by atoms with Crippen LogP contribution in [0.3, 0.4) is 0 Å². The van der Waals surface area contributed by atoms with Crippen molar-refractivity contribution in [3.8, 4) is 5.75 Å². The van der Waals surface area contributed by atoms with E-state index < -0.39 is 0 Å². The minimum absolute atomic E-state index is 0.332. The Kier molecular flexibility index (Phi) is 5.51. The van der Waals surface area contributed by atoms with Crippen LogP contribution >= 0.6 is 23.2 Å². The first-order chi connectivity index (χ1) is 10.0. The molecule has 0 spiro atoms. The molecule has 21 heavy (non-hydrogen) atoms. The molecule has 0 saturated heterocycles. The van der Waals surface area contributed by atoms with Crippen LogP contribution in [0, 0.1) is 6.92 Å². The van der Waals surface area contributed by atoms with Gasteiger partial charge in [0.05, 0.1) is 21.4 Å². The van der Waals surface area contributed by atoms with Gasteiger partial charge < -0.3 is 10.1 Å². The Labute approximate surface area is 135 Å². The van der Waals surface area contributed by atoms with Gasteiger partial charge in [0.25, 0.3) is 0 Å². The summed E-state index contributed by atoms with van der Waals surface area (Å²) in [4.78, 5) is 0. The predicted molar refractivity (Wildman–Crippen MR) is 86.1 cm³/mol. The summed E-state index contributed by atoms with van der Waals surface area (Å²) in [6, 6.07) is 5.74. The van der Waals surface area contributed by atoms with Gasteiger partial charge in [-0.15, -0.1) is 0 Å². The molecule has 0 aliphatic rings. The highest BCUT2D eigenvalue weighted by Crippen LogP contribution is 2.30. The van der Waals surface area contributed by atoms with E-state index in [4.69, 9.17) is 27.9 Å². The van der Waals surface area contributed by atoms with E-state index in [0.29, 0.717) is 28.9 Å². The molecule has 1 heterocycles. The van der Waals surface area contributed by atoms with Gasteiger partial charge in [-0.2, -0.15) is 5.10 Å². The maximum atomic E-state index is 6.25. The molecule has 0 atom stereocenters. The summed E-state index contributed by atoms with van der Waals surface area (Å²) in [7, 11) is 1.85. The standard InChI is InChI=1S/C15H19Cl2N3O/c1-4-18-8-11-6-5-7-12(16)15(11)21-9-13-14(17)10(2)19-20(13)3/h5-7,18H,4,8-9H2,1-3H3. The second-order valence-electron chi connectivity index (χ2n) is 4.77. The minimum Gasteiger partial charge on any atom is -0.485 e. The summed E-state index contributed by atoms with van der Waals surface area (Å²) in [6.07, 6.45) is 0. The van der Waals surface area contributed by atoms with Crippen molar-refractivity contribution in [1.29, 1.82) is 0 Å². The Bertz CT molecular complexity index is 626. The van der Waals surface area contributed by atoms with Gasteiger partial charge in [-0.25, -0.2) is 0 Å². The zero-order chi connectivity index (χ0) is 15.4. The Hall–Kier alpha value is -1.23. The molecule has 0 fully saturated rings. The van der Waals surface area contributed by atoms with Crippen molar-refractivity contribution in [2.75, 3.05) is 6.54 Å². The molecule has 0 amide bonds. The summed E-state index contributed by atoms with van der Waals surface area (Å²) in [5, 5.41) is 8.79. The highest BCUT2D eigenvalue weighted by Gasteiger charge is 2.14. The number of aromatic nitrogens is 2. The third-order valence-electron chi connectivity index (χ3n) is 3.23. The lowest BCUT2D eigenvalue weighted by atomic mass is 10.2. The van der Waals surface area contributed by atoms with Crippen LogP contribution in [-0.2, 0) is 20.2 Å². The normalized spacial score (nSPS) is 10.9. The molecule has 1 aromatic heterocycles. The van der Waals surface area contributed by atoms with Gasteiger partial charge in [-0.1, -0.05) is 42.3 Å². The number of nitrogens with zero attached hydrogens (tertiary/aromatic N) is 2. The average molecular weight is 328 g/mol. The van der Waals surface area contributed by atoms with Crippen molar-refractivity contribution in [2.24, 2.45) is 7.05 Å². The second kappa shape index (κ2) is 7.16. The Morgan fingerprint density at radius 3 is 2.71 bits per heavy atom. The molecule has 0 bridgehead atoms. The largest absolute Gasteiger partial charge is 0.485 e. The zero-order valence-electron chi connectivity index (χ0n) is 12.4. The topological polar surface area (TPSA) is 39.1 Å². The van der Waals surface area contributed by atoms with Crippen LogP contribution in [0.15, 0.2) is 18.2 Å². The Morgan fingerprint density at radius 2 is 2.10 bits per heavy atom. The molecule has 0 aliphatic carbocycles. The zero-order valence-corrected chi connectivity index (χ0v) is 13.9. The molecular weight excluding hydrogens is 309 g/mol. The summed E-state index contributed by atoms with van der Waals surface area (Å²) in [5.74, 6) is 0.690. The molecular formula is C15H19Cl2N3O. The van der Waals surface area contributed by atoms with Crippen LogP contribution < -0.4 is 10.1 Å². The molecule has 0 saturated carbocycles. The first-order valence-electron chi connectivity index (χ1n) is 6.83. The summed E-state index contributed by atoms with van der Waals surface area (Å²) in [6.45, 7) is 5.86. The molecule has 6 heteroatoms. The number of hydrogen-bond donors (Lipinski definition) is 1. The number of para-hydroxylation sites is 1. The molecule has 2 rings (SSSR count). The van der Waals surface area contributed by atoms with E-state index in [0.717, 1.165) is 23.5 Å². The SMILES string of the molecule is CCNCc1cccc(Cl)c1OCc1c(Cl)c(C)nn1C. The number of aryl methyl sites for hydroxylation is 2. The summed E-state index contributed by atoms with van der Waals surface area (Å²) < 4.78 is 7.64. The monoisotopic (exact) mass is 327 g/mol. The van der Waals surface area contributed by atoms with Crippen LogP contribution in [0.5, 0.6) is 5.75 Å². The van der Waals surface area contributed by atoms with Gasteiger partial charge >= 0.3 is 0 Å². The second-order valence-corrected chi connectivity index (χ2v) is 5.55. The van der Waals surface area contributed by atoms with Crippen LogP contribution in [0.4, 0.5) is 0 Å². The molecule has 1 N–H and O–H groups in total. The minimum atomic E-state index is 0.332. The highest BCUT2D eigenvalue weighted by molar-refractivity contribution is 6.32. The molecule has 2 aromatic rings. The third kappa shape index (κ3) is 3.70. The fourth-order valence-electron chi connectivity index (χ4n) is 2.09. The van der Waals surface area contributed by atoms with Crippen LogP contribution in [0.25, 0.3) is 0 Å². The van der Waals surface area contributed by atoms with Gasteiger partial charge in [-0.3, -0.25) is 4.68 Å². The number of nitrogens with one attached hydrogen (secondary N) is 1. The summed E-state index contributed by atoms with van der Waals surface area (Å²) in [5.41, 5.74) is 2.66. The van der Waals surface area contributed by atoms with Gasteiger partial charge in [0.2, 0.25) is 0 Å². The van der Waals surface area contributed by atoms with E-state index in [2.05, 4.69) is 17.3 Å². The number of hydrogen-bond acceptors (Lipinski definition) is 3. The molecule has 0 unspecified atom stereocenters. The molecule has 1 aromatic carbocycles. The Morgan fingerprint density at radius 1 is 1.33 bits per heavy atom. The van der Waals surface area contributed by atoms with Crippen molar-refractivity contribution in [2.45, 2.75) is 27.0 Å². The van der Waals surface area contributed by atoms with Gasteiger partial charge in [0.1, 0.15) is 12.4 Å². The van der Waals surface area contributed by atoms with Crippen molar-refractivity contribution in [3.05, 3.63) is 45.2 Å². The van der Waals surface area contributed by atoms with Gasteiger partial charge in [0, 0.05) is 19.2 Å². The van der Waals surface area contributed by atoms with E-state index in [1.165, 1.54) is 0 Å². The predicted octanol–water partition coefficient (Wildman–Crippen LogP) is 3.72. The van der Waals surface area contributed by atoms with E-state index in [-0.39, 0.29) is 0 Å². The lowest BCUT2D eigenvalue weighted by molar-refractivity contribution is 0.291. The number of ether oxygens (including phenoxy) is 1. The van der Waals surface area contributed by atoms with Gasteiger partial charge in [0.15, 0.2) is 0 Å². The summed E-state index contributed by atoms with van der Waals surface area (Å²) >= 11 is 12.5. The molecule has 0 aliphatic heterocycles. The first-order valence-corrected chi connectivity index (χ1v) is 7.59. The van der Waals surface area contributed by atoms with Crippen molar-refractivity contribution in [3.63, 3.8) is 0 Å². The molecule has 114 valence electrons. The van der Waals surface area contributed by atoms with Crippen molar-refractivity contribution < 1.29 is 4.74 Å². The van der Waals surface area contributed by atoms with E-state index in [9.17, 15) is 0 Å². The molecule has 4 nitrogen and oxygen atoms in total. The number of benzene rings is 1. The lowest BCUT2D eigenvalue weighted by Crippen LogP contribution is -2.13.